The molecule has 1 fully saturated rings. The molecule has 7 N–H and O–H groups in total. The lowest BCUT2D eigenvalue weighted by molar-refractivity contribution is -0.131. The molecular formula is C35H38FN3O7S. The zero-order valence-electron chi connectivity index (χ0n) is 25.6. The molecule has 0 spiro atoms. The maximum Gasteiger partial charge on any atom is 0.268 e. The van der Waals surface area contributed by atoms with E-state index in [-0.39, 0.29) is 30.2 Å². The molecule has 10 nitrogen and oxygen atoms in total. The molecule has 3 aromatic carbocycles. The number of aliphatic hydroxyl groups is 4. The number of hydrogen-bond acceptors (Lipinski definition) is 9. The smallest absolute Gasteiger partial charge is 0.268 e. The Bertz CT molecular complexity index is 1690. The maximum atomic E-state index is 13.7. The molecule has 3 atom stereocenters. The zero-order valence-corrected chi connectivity index (χ0v) is 26.4. The molecule has 1 aliphatic rings. The molecule has 2 amide bonds. The lowest BCUT2D eigenvalue weighted by Crippen LogP contribution is -2.55. The average Bonchev–Trinajstić information content (AvgIpc) is 3.56. The summed E-state index contributed by atoms with van der Waals surface area (Å²) in [6.45, 7) is -1.21. The highest BCUT2D eigenvalue weighted by molar-refractivity contribution is 7.09. The number of aliphatic hydroxyl groups excluding tert-OH is 3. The van der Waals surface area contributed by atoms with Gasteiger partial charge >= 0.3 is 0 Å². The van der Waals surface area contributed by atoms with Gasteiger partial charge in [-0.05, 0) is 85.2 Å². The first kappa shape index (κ1) is 34.1. The van der Waals surface area contributed by atoms with Crippen LogP contribution in [0.25, 0.3) is 0 Å². The van der Waals surface area contributed by atoms with Gasteiger partial charge in [0.25, 0.3) is 5.91 Å². The van der Waals surface area contributed by atoms with Crippen molar-refractivity contribution in [2.45, 2.75) is 56.3 Å². The van der Waals surface area contributed by atoms with E-state index in [4.69, 9.17) is 5.73 Å². The Balaban J connectivity index is 1.37. The van der Waals surface area contributed by atoms with Crippen LogP contribution in [0.3, 0.4) is 0 Å². The number of nitrogens with two attached hydrogens (primary N) is 1. The van der Waals surface area contributed by atoms with Gasteiger partial charge in [0.1, 0.15) is 22.9 Å². The fraction of sp³-hybridized carbons (Fsp3) is 0.343. The van der Waals surface area contributed by atoms with Gasteiger partial charge in [-0.2, -0.15) is 0 Å². The van der Waals surface area contributed by atoms with Crippen molar-refractivity contribution in [3.63, 3.8) is 0 Å². The van der Waals surface area contributed by atoms with Gasteiger partial charge in [-0.15, -0.1) is 11.3 Å². The third-order valence-corrected chi connectivity index (χ3v) is 9.65. The quantitative estimate of drug-likeness (QED) is 0.104. The molecule has 47 heavy (non-hydrogen) atoms. The summed E-state index contributed by atoms with van der Waals surface area (Å²) < 4.78 is 13.4. The minimum absolute atomic E-state index is 0.0182. The summed E-state index contributed by atoms with van der Waals surface area (Å²) in [5, 5.41) is 53.6. The van der Waals surface area contributed by atoms with E-state index < -0.39 is 48.6 Å². The van der Waals surface area contributed by atoms with Crippen molar-refractivity contribution in [1.29, 1.82) is 0 Å². The first-order chi connectivity index (χ1) is 22.5. The molecule has 0 aliphatic carbocycles. The number of β-lactam (4-membered cyclic amide) rings is 1. The second-order valence-electron chi connectivity index (χ2n) is 12.0. The summed E-state index contributed by atoms with van der Waals surface area (Å²) in [6.07, 6.45) is 1.28. The average molecular weight is 664 g/mol. The van der Waals surface area contributed by atoms with Crippen molar-refractivity contribution in [2.24, 2.45) is 11.7 Å². The van der Waals surface area contributed by atoms with E-state index in [0.717, 1.165) is 16.1 Å². The van der Waals surface area contributed by atoms with Crippen LogP contribution in [0.15, 0.2) is 72.1 Å². The first-order valence-electron chi connectivity index (χ1n) is 15.4. The number of benzene rings is 3. The molecule has 12 heteroatoms. The van der Waals surface area contributed by atoms with Crippen molar-refractivity contribution in [3.8, 4) is 5.75 Å². The summed E-state index contributed by atoms with van der Waals surface area (Å²) in [5.74, 6) is -1.74. The van der Waals surface area contributed by atoms with Gasteiger partial charge in [-0.25, -0.2) is 9.37 Å². The summed E-state index contributed by atoms with van der Waals surface area (Å²) >= 11 is 1.37. The van der Waals surface area contributed by atoms with Crippen LogP contribution in [0.2, 0.25) is 0 Å². The molecule has 1 aliphatic heterocycles. The molecule has 4 aromatic rings. The Morgan fingerprint density at radius 1 is 1.00 bits per heavy atom. The number of phenols is 1. The predicted molar refractivity (Wildman–Crippen MR) is 174 cm³/mol. The number of aromatic nitrogens is 1. The number of anilines is 1. The summed E-state index contributed by atoms with van der Waals surface area (Å²) in [6, 6.07) is 17.5. The Kier molecular flexibility index (Phi) is 10.7. The number of amides is 2. The van der Waals surface area contributed by atoms with Gasteiger partial charge in [-0.3, -0.25) is 9.59 Å². The maximum absolute atomic E-state index is 13.7. The van der Waals surface area contributed by atoms with Crippen LogP contribution >= 0.6 is 11.3 Å². The molecule has 1 aromatic heterocycles. The molecule has 0 saturated carbocycles. The molecule has 0 radical (unpaired) electrons. The monoisotopic (exact) mass is 663 g/mol. The number of aryl methyl sites for hydroxylation is 3. The van der Waals surface area contributed by atoms with Crippen molar-refractivity contribution >= 4 is 28.8 Å². The highest BCUT2D eigenvalue weighted by atomic mass is 32.1. The molecule has 0 unspecified atom stereocenters. The Hall–Kier alpha value is -4.20. The number of hydrogen-bond donors (Lipinski definition) is 6. The fourth-order valence-electron chi connectivity index (χ4n) is 5.86. The minimum atomic E-state index is -1.65. The third kappa shape index (κ3) is 7.86. The van der Waals surface area contributed by atoms with Gasteiger partial charge in [-0.1, -0.05) is 30.3 Å². The van der Waals surface area contributed by atoms with Gasteiger partial charge in [0.05, 0.1) is 36.3 Å². The van der Waals surface area contributed by atoms with Crippen molar-refractivity contribution in [1.82, 2.24) is 4.98 Å². The van der Waals surface area contributed by atoms with E-state index in [1.165, 1.54) is 41.7 Å². The number of rotatable bonds is 15. The molecule has 248 valence electrons. The van der Waals surface area contributed by atoms with Crippen LogP contribution in [0, 0.1) is 11.7 Å². The van der Waals surface area contributed by atoms with Crippen molar-refractivity contribution in [3.05, 3.63) is 111 Å². The van der Waals surface area contributed by atoms with Crippen LogP contribution in [0.1, 0.15) is 69.2 Å². The van der Waals surface area contributed by atoms with Crippen LogP contribution in [0.5, 0.6) is 5.75 Å². The summed E-state index contributed by atoms with van der Waals surface area (Å²) in [7, 11) is 0. The first-order valence-corrected chi connectivity index (χ1v) is 16.3. The molecule has 2 heterocycles. The lowest BCUT2D eigenvalue weighted by Gasteiger charge is -2.48. The standard InChI is InChI=1S/C35H38FN3O7S/c36-24-7-5-23(6-8-24)29(42)13-11-26-32(27-17-22(3-12-30(27)43)15-16-35(46,19-40)20-41)39(34(26)45)25-9-1-21(2-10-25)4-14-31-38-28(18-47-31)33(37)44/h1-3,5-10,12,17-18,26,29,32,40-43,46H,4,11,13-16,19-20H2,(H2,37,44)/t26-,29+,32+/m1/s1. The number of phenolic OH excluding ortho intramolecular Hbond substituents is 1. The molecule has 0 bridgehead atoms. The minimum Gasteiger partial charge on any atom is -0.508 e. The second-order valence-corrected chi connectivity index (χ2v) is 12.9. The van der Waals surface area contributed by atoms with Gasteiger partial charge in [0.15, 0.2) is 0 Å². The number of halogens is 1. The topological polar surface area (TPSA) is 177 Å². The fourth-order valence-corrected chi connectivity index (χ4v) is 6.65. The molecule has 1 saturated heterocycles. The van der Waals surface area contributed by atoms with E-state index in [2.05, 4.69) is 4.98 Å². The predicted octanol–water partition coefficient (Wildman–Crippen LogP) is 3.74. The number of carbonyl (C=O) groups excluding carboxylic acids is 2. The lowest BCUT2D eigenvalue weighted by atomic mass is 9.77. The van der Waals surface area contributed by atoms with Crippen molar-refractivity contribution in [2.75, 3.05) is 18.1 Å². The summed E-state index contributed by atoms with van der Waals surface area (Å²) in [5.41, 5.74) is 7.29. The number of primary amides is 1. The van der Waals surface area contributed by atoms with Crippen LogP contribution in [0.4, 0.5) is 10.1 Å². The van der Waals surface area contributed by atoms with E-state index in [0.29, 0.717) is 42.5 Å². The van der Waals surface area contributed by atoms with E-state index in [1.54, 1.807) is 22.4 Å². The number of thiazole rings is 1. The number of aromatic hydroxyl groups is 1. The van der Waals surface area contributed by atoms with Crippen LogP contribution in [-0.4, -0.2) is 61.1 Å². The number of carbonyl (C=O) groups is 2. The molecule has 5 rings (SSSR count). The van der Waals surface area contributed by atoms with Crippen molar-refractivity contribution < 1.29 is 39.5 Å². The Morgan fingerprint density at radius 3 is 2.32 bits per heavy atom. The molecular weight excluding hydrogens is 625 g/mol. The normalized spacial score (nSPS) is 17.0. The largest absolute Gasteiger partial charge is 0.508 e. The van der Waals surface area contributed by atoms with Crippen LogP contribution in [-0.2, 0) is 24.1 Å². The number of nitrogens with zero attached hydrogens (tertiary/aromatic N) is 2. The van der Waals surface area contributed by atoms with Gasteiger partial charge < -0.3 is 36.2 Å². The van der Waals surface area contributed by atoms with Gasteiger partial charge in [0.2, 0.25) is 5.91 Å². The zero-order chi connectivity index (χ0) is 33.7. The second kappa shape index (κ2) is 14.7. The third-order valence-electron chi connectivity index (χ3n) is 8.74. The van der Waals surface area contributed by atoms with E-state index in [1.807, 2.05) is 24.3 Å². The van der Waals surface area contributed by atoms with Crippen LogP contribution < -0.4 is 10.6 Å². The highest BCUT2D eigenvalue weighted by Gasteiger charge is 2.49. The van der Waals surface area contributed by atoms with E-state index in [9.17, 15) is 39.5 Å². The van der Waals surface area contributed by atoms with Gasteiger partial charge in [0, 0.05) is 23.1 Å². The Morgan fingerprint density at radius 2 is 1.68 bits per heavy atom. The van der Waals surface area contributed by atoms with E-state index >= 15 is 0 Å². The Labute approximate surface area is 275 Å². The SMILES string of the molecule is NC(=O)c1csc(CCc2ccc(N3C(=O)[C@H](CC[C@H](O)c4ccc(F)cc4)[C@H]3c3cc(CCC(O)(CO)CO)ccc3O)cc2)n1. The summed E-state index contributed by atoms with van der Waals surface area (Å²) in [4.78, 5) is 30.9. The highest BCUT2D eigenvalue weighted by Crippen LogP contribution is 2.49.